The lowest BCUT2D eigenvalue weighted by atomic mass is 9.83. The highest BCUT2D eigenvalue weighted by Crippen LogP contribution is 2.29. The van der Waals surface area contributed by atoms with Crippen LogP contribution in [-0.2, 0) is 0 Å². The highest BCUT2D eigenvalue weighted by molar-refractivity contribution is 5.48. The molecule has 0 radical (unpaired) electrons. The molecule has 2 rings (SSSR count). The second kappa shape index (κ2) is 8.41. The average Bonchev–Trinajstić information content (AvgIpc) is 2.54. The van der Waals surface area contributed by atoms with Crippen LogP contribution in [0.1, 0.15) is 39.2 Å². The van der Waals surface area contributed by atoms with Crippen molar-refractivity contribution in [1.82, 2.24) is 0 Å². The van der Waals surface area contributed by atoms with Crippen LogP contribution in [0.3, 0.4) is 0 Å². The Hall–Kier alpha value is -2.24. The van der Waals surface area contributed by atoms with Gasteiger partial charge in [0.05, 0.1) is 6.61 Å². The second-order valence-electron chi connectivity index (χ2n) is 6.73. The van der Waals surface area contributed by atoms with E-state index in [1.54, 1.807) is 0 Å². The summed E-state index contributed by atoms with van der Waals surface area (Å²) < 4.78 is 5.82. The van der Waals surface area contributed by atoms with E-state index in [0.717, 1.165) is 25.2 Å². The van der Waals surface area contributed by atoms with Crippen molar-refractivity contribution in [1.29, 1.82) is 0 Å². The first kappa shape index (κ1) is 17.1. The molecule has 0 bridgehead atoms. The smallest absolute Gasteiger partial charge is 0.119 e. The molecule has 0 atom stereocenters. The molecule has 0 unspecified atom stereocenters. The Balaban J connectivity index is 1.86. The standard InChI is InChI=1S/C22H26O/c1-19(14-15-20-10-6-4-7-11-20)18-22(2,3)16-17-23-21-12-8-5-9-13-21/h4-13,15H,16-18H2,1-3H3. The molecule has 23 heavy (non-hydrogen) atoms. The fourth-order valence-corrected chi connectivity index (χ4v) is 2.57. The molecule has 0 aromatic heterocycles. The molecule has 1 nitrogen and oxygen atoms in total. The molecule has 0 aliphatic rings. The summed E-state index contributed by atoms with van der Waals surface area (Å²) in [6.45, 7) is 7.47. The summed E-state index contributed by atoms with van der Waals surface area (Å²) >= 11 is 0. The Morgan fingerprint density at radius 2 is 1.61 bits per heavy atom. The predicted molar refractivity (Wildman–Crippen MR) is 98.6 cm³/mol. The zero-order chi connectivity index (χ0) is 16.5. The molecule has 0 saturated carbocycles. The third-order valence-corrected chi connectivity index (χ3v) is 3.82. The van der Waals surface area contributed by atoms with Crippen LogP contribution in [0, 0.1) is 5.41 Å². The molecule has 0 fully saturated rings. The minimum atomic E-state index is 0.205. The van der Waals surface area contributed by atoms with Crippen LogP contribution >= 0.6 is 0 Å². The number of ether oxygens (including phenoxy) is 1. The highest BCUT2D eigenvalue weighted by Gasteiger charge is 2.18. The highest BCUT2D eigenvalue weighted by atomic mass is 16.5. The Kier molecular flexibility index (Phi) is 6.26. The van der Waals surface area contributed by atoms with E-state index in [2.05, 4.69) is 44.7 Å². The van der Waals surface area contributed by atoms with Gasteiger partial charge in [-0.2, -0.15) is 0 Å². The van der Waals surface area contributed by atoms with E-state index in [-0.39, 0.29) is 5.41 Å². The summed E-state index contributed by atoms with van der Waals surface area (Å²) in [5, 5.41) is 0. The molecule has 0 heterocycles. The molecule has 2 aromatic rings. The largest absolute Gasteiger partial charge is 0.494 e. The van der Waals surface area contributed by atoms with E-state index >= 15 is 0 Å². The summed E-state index contributed by atoms with van der Waals surface area (Å²) in [5.74, 6) is 0.944. The number of benzene rings is 2. The Labute approximate surface area is 140 Å². The van der Waals surface area contributed by atoms with Crippen molar-refractivity contribution in [3.05, 3.63) is 77.5 Å². The van der Waals surface area contributed by atoms with Crippen molar-refractivity contribution in [2.24, 2.45) is 5.41 Å². The first-order chi connectivity index (χ1) is 11.1. The monoisotopic (exact) mass is 306 g/mol. The van der Waals surface area contributed by atoms with Gasteiger partial charge in [-0.25, -0.2) is 0 Å². The summed E-state index contributed by atoms with van der Waals surface area (Å²) in [6, 6.07) is 20.3. The van der Waals surface area contributed by atoms with Gasteiger partial charge in [0.15, 0.2) is 0 Å². The van der Waals surface area contributed by atoms with Crippen LogP contribution in [0.5, 0.6) is 5.75 Å². The van der Waals surface area contributed by atoms with Gasteiger partial charge in [-0.15, -0.1) is 5.73 Å². The number of allylic oxidation sites excluding steroid dienone is 1. The fraction of sp³-hybridized carbons (Fsp3) is 0.318. The van der Waals surface area contributed by atoms with Gasteiger partial charge >= 0.3 is 0 Å². The fourth-order valence-electron chi connectivity index (χ4n) is 2.57. The lowest BCUT2D eigenvalue weighted by Gasteiger charge is -2.24. The molecular formula is C22H26O. The molecule has 2 aromatic carbocycles. The van der Waals surface area contributed by atoms with E-state index in [1.807, 2.05) is 48.5 Å². The van der Waals surface area contributed by atoms with Crippen LogP contribution in [0.25, 0.3) is 6.08 Å². The second-order valence-corrected chi connectivity index (χ2v) is 6.73. The minimum Gasteiger partial charge on any atom is -0.494 e. The van der Waals surface area contributed by atoms with Gasteiger partial charge < -0.3 is 4.74 Å². The van der Waals surface area contributed by atoms with E-state index in [4.69, 9.17) is 4.74 Å². The van der Waals surface area contributed by atoms with Crippen molar-refractivity contribution < 1.29 is 4.74 Å². The van der Waals surface area contributed by atoms with E-state index in [1.165, 1.54) is 11.1 Å². The zero-order valence-corrected chi connectivity index (χ0v) is 14.4. The normalized spacial score (nSPS) is 10.7. The number of hydrogen-bond acceptors (Lipinski definition) is 1. The maximum absolute atomic E-state index is 5.82. The van der Waals surface area contributed by atoms with Crippen molar-refractivity contribution in [3.63, 3.8) is 0 Å². The maximum atomic E-state index is 5.82. The summed E-state index contributed by atoms with van der Waals surface area (Å²) in [6.07, 6.45) is 4.10. The van der Waals surface area contributed by atoms with Gasteiger partial charge in [0.25, 0.3) is 0 Å². The third kappa shape index (κ3) is 6.59. The van der Waals surface area contributed by atoms with Gasteiger partial charge in [0.1, 0.15) is 5.75 Å². The molecule has 0 saturated heterocycles. The van der Waals surface area contributed by atoms with Crippen molar-refractivity contribution in [2.45, 2.75) is 33.6 Å². The van der Waals surface area contributed by atoms with Gasteiger partial charge in [0.2, 0.25) is 0 Å². The number of para-hydroxylation sites is 1. The van der Waals surface area contributed by atoms with Crippen LogP contribution in [0.15, 0.2) is 72.0 Å². The molecule has 1 heteroatoms. The van der Waals surface area contributed by atoms with E-state index in [9.17, 15) is 0 Å². The molecule has 0 aliphatic heterocycles. The van der Waals surface area contributed by atoms with E-state index < -0.39 is 0 Å². The SMILES string of the molecule is CC(=C=Cc1ccccc1)CC(C)(C)CCOc1ccccc1. The van der Waals surface area contributed by atoms with E-state index in [0.29, 0.717) is 0 Å². The molecule has 120 valence electrons. The van der Waals surface area contributed by atoms with Crippen LogP contribution < -0.4 is 4.74 Å². The molecule has 0 amide bonds. The first-order valence-corrected chi connectivity index (χ1v) is 8.20. The Morgan fingerprint density at radius 3 is 2.26 bits per heavy atom. The lowest BCUT2D eigenvalue weighted by Crippen LogP contribution is -2.16. The molecule has 0 spiro atoms. The molecule has 0 aliphatic carbocycles. The predicted octanol–water partition coefficient (Wildman–Crippen LogP) is 6.13. The molecule has 0 N–H and O–H groups in total. The van der Waals surface area contributed by atoms with Crippen LogP contribution in [-0.4, -0.2) is 6.61 Å². The van der Waals surface area contributed by atoms with Gasteiger partial charge in [-0.05, 0) is 54.5 Å². The zero-order valence-electron chi connectivity index (χ0n) is 14.4. The van der Waals surface area contributed by atoms with Crippen molar-refractivity contribution in [3.8, 4) is 5.75 Å². The summed E-state index contributed by atoms with van der Waals surface area (Å²) in [5.41, 5.74) is 6.09. The third-order valence-electron chi connectivity index (χ3n) is 3.82. The average molecular weight is 306 g/mol. The summed E-state index contributed by atoms with van der Waals surface area (Å²) in [7, 11) is 0. The van der Waals surface area contributed by atoms with Crippen LogP contribution in [0.2, 0.25) is 0 Å². The maximum Gasteiger partial charge on any atom is 0.119 e. The first-order valence-electron chi connectivity index (χ1n) is 8.20. The topological polar surface area (TPSA) is 9.23 Å². The van der Waals surface area contributed by atoms with Gasteiger partial charge in [0, 0.05) is 0 Å². The lowest BCUT2D eigenvalue weighted by molar-refractivity contribution is 0.227. The number of rotatable bonds is 7. The summed E-state index contributed by atoms with van der Waals surface area (Å²) in [4.78, 5) is 0. The molecular weight excluding hydrogens is 280 g/mol. The van der Waals surface area contributed by atoms with Crippen molar-refractivity contribution in [2.75, 3.05) is 6.61 Å². The van der Waals surface area contributed by atoms with Crippen LogP contribution in [0.4, 0.5) is 0 Å². The minimum absolute atomic E-state index is 0.205. The Bertz CT molecular complexity index is 647. The van der Waals surface area contributed by atoms with Gasteiger partial charge in [-0.3, -0.25) is 0 Å². The Morgan fingerprint density at radius 1 is 1.00 bits per heavy atom. The van der Waals surface area contributed by atoms with Gasteiger partial charge in [-0.1, -0.05) is 62.4 Å². The van der Waals surface area contributed by atoms with Crippen molar-refractivity contribution >= 4 is 6.08 Å². The number of hydrogen-bond donors (Lipinski definition) is 0. The quantitative estimate of drug-likeness (QED) is 0.559.